The van der Waals surface area contributed by atoms with Gasteiger partial charge in [0.05, 0.1) is 17.6 Å². The lowest BCUT2D eigenvalue weighted by atomic mass is 10.1. The monoisotopic (exact) mass is 496 g/mol. The lowest BCUT2D eigenvalue weighted by molar-refractivity contribution is 0.0951. The first-order chi connectivity index (χ1) is 18.1. The molecule has 0 spiro atoms. The third kappa shape index (κ3) is 5.95. The lowest BCUT2D eigenvalue weighted by Gasteiger charge is -2.11. The summed E-state index contributed by atoms with van der Waals surface area (Å²) in [5.41, 5.74) is 4.97. The predicted octanol–water partition coefficient (Wildman–Crippen LogP) is 4.58. The van der Waals surface area contributed by atoms with E-state index in [1.165, 1.54) is 0 Å². The maximum absolute atomic E-state index is 12.4. The number of fused-ring (bicyclic) bond motifs is 1. The Morgan fingerprint density at radius 2 is 1.81 bits per heavy atom. The van der Waals surface area contributed by atoms with Crippen molar-refractivity contribution in [2.45, 2.75) is 25.3 Å². The van der Waals surface area contributed by atoms with Gasteiger partial charge >= 0.3 is 6.09 Å². The molecular formula is C28H28N6O3. The molecular weight excluding hydrogens is 468 g/mol. The number of anilines is 1. The zero-order valence-corrected chi connectivity index (χ0v) is 20.2. The maximum atomic E-state index is 12.4. The Morgan fingerprint density at radius 3 is 2.54 bits per heavy atom. The van der Waals surface area contributed by atoms with Crippen LogP contribution in [-0.2, 0) is 0 Å². The van der Waals surface area contributed by atoms with Gasteiger partial charge in [0.25, 0.3) is 5.91 Å². The third-order valence-corrected chi connectivity index (χ3v) is 6.06. The molecule has 1 aliphatic rings. The lowest BCUT2D eigenvalue weighted by Crippen LogP contribution is -2.25. The first-order valence-electron chi connectivity index (χ1n) is 12.3. The van der Waals surface area contributed by atoms with Gasteiger partial charge in [-0.3, -0.25) is 9.20 Å². The van der Waals surface area contributed by atoms with Gasteiger partial charge in [-0.1, -0.05) is 54.6 Å². The van der Waals surface area contributed by atoms with E-state index in [2.05, 4.69) is 20.9 Å². The van der Waals surface area contributed by atoms with Crippen LogP contribution in [0, 0.1) is 0 Å². The fourth-order valence-electron chi connectivity index (χ4n) is 3.98. The molecule has 188 valence electrons. The quantitative estimate of drug-likeness (QED) is 0.188. The molecule has 4 N–H and O–H groups in total. The number of carboxylic acid groups (broad SMARTS) is 1. The number of nitrogens with zero attached hydrogens (tertiary/aromatic N) is 3. The van der Waals surface area contributed by atoms with Crippen molar-refractivity contribution in [2.75, 3.05) is 18.4 Å². The fourth-order valence-corrected chi connectivity index (χ4v) is 3.98. The first-order valence-corrected chi connectivity index (χ1v) is 12.3. The zero-order chi connectivity index (χ0) is 25.6. The van der Waals surface area contributed by atoms with Crippen molar-refractivity contribution in [1.82, 2.24) is 25.0 Å². The Bertz CT molecular complexity index is 1430. The predicted molar refractivity (Wildman–Crippen MR) is 143 cm³/mol. The zero-order valence-electron chi connectivity index (χ0n) is 20.2. The fraction of sp³-hybridized carbons (Fsp3) is 0.214. The molecule has 0 atom stereocenters. The smallest absolute Gasteiger partial charge is 0.404 e. The molecule has 0 unspecified atom stereocenters. The van der Waals surface area contributed by atoms with Crippen LogP contribution in [0.5, 0.6) is 0 Å². The Balaban J connectivity index is 1.40. The van der Waals surface area contributed by atoms with Crippen molar-refractivity contribution in [2.24, 2.45) is 0 Å². The highest BCUT2D eigenvalue weighted by atomic mass is 16.4. The average Bonchev–Trinajstić information content (AvgIpc) is 3.63. The molecule has 0 bridgehead atoms. The van der Waals surface area contributed by atoms with Crippen LogP contribution in [-0.4, -0.2) is 50.6 Å². The second-order valence-electron chi connectivity index (χ2n) is 8.88. The van der Waals surface area contributed by atoms with Gasteiger partial charge in [-0.2, -0.15) is 0 Å². The van der Waals surface area contributed by atoms with Crippen LogP contribution in [0.1, 0.15) is 29.6 Å². The second kappa shape index (κ2) is 10.9. The van der Waals surface area contributed by atoms with Gasteiger partial charge in [-0.25, -0.2) is 14.8 Å². The van der Waals surface area contributed by atoms with Gasteiger partial charge in [-0.15, -0.1) is 0 Å². The van der Waals surface area contributed by atoms with Crippen LogP contribution in [0.15, 0.2) is 79.1 Å². The minimum Gasteiger partial charge on any atom is -0.465 e. The molecule has 9 nitrogen and oxygen atoms in total. The van der Waals surface area contributed by atoms with Gasteiger partial charge in [-0.05, 0) is 31.4 Å². The molecule has 37 heavy (non-hydrogen) atoms. The Kier molecular flexibility index (Phi) is 7.12. The molecule has 2 aromatic carbocycles. The summed E-state index contributed by atoms with van der Waals surface area (Å²) in [6.07, 6.45) is 9.24. The van der Waals surface area contributed by atoms with Crippen molar-refractivity contribution in [1.29, 1.82) is 0 Å². The van der Waals surface area contributed by atoms with E-state index in [9.17, 15) is 9.59 Å². The summed E-state index contributed by atoms with van der Waals surface area (Å²) >= 11 is 0. The van der Waals surface area contributed by atoms with Gasteiger partial charge in [0.1, 0.15) is 0 Å². The van der Waals surface area contributed by atoms with Crippen molar-refractivity contribution in [3.8, 4) is 22.5 Å². The number of hydrogen-bond acceptors (Lipinski definition) is 5. The van der Waals surface area contributed by atoms with Crippen molar-refractivity contribution >= 4 is 23.5 Å². The number of rotatable bonds is 10. The van der Waals surface area contributed by atoms with Gasteiger partial charge in [0.2, 0.25) is 0 Å². The van der Waals surface area contributed by atoms with Gasteiger partial charge < -0.3 is 21.1 Å². The van der Waals surface area contributed by atoms with Crippen LogP contribution in [0.4, 0.5) is 10.6 Å². The maximum Gasteiger partial charge on any atom is 0.404 e. The number of imidazole rings is 1. The van der Waals surface area contributed by atoms with Crippen LogP contribution in [0.25, 0.3) is 28.2 Å². The van der Waals surface area contributed by atoms with Gasteiger partial charge in [0, 0.05) is 42.0 Å². The molecule has 2 heterocycles. The van der Waals surface area contributed by atoms with E-state index in [1.807, 2.05) is 77.5 Å². The Morgan fingerprint density at radius 1 is 1.03 bits per heavy atom. The number of nitrogens with one attached hydrogen (secondary N) is 3. The van der Waals surface area contributed by atoms with Crippen molar-refractivity contribution in [3.05, 3.63) is 84.7 Å². The Hall–Kier alpha value is -4.66. The molecule has 1 aliphatic carbocycles. The molecule has 2 aromatic heterocycles. The first kappa shape index (κ1) is 24.1. The highest BCUT2D eigenvalue weighted by molar-refractivity contribution is 5.95. The highest BCUT2D eigenvalue weighted by Gasteiger charge is 2.23. The molecule has 5 rings (SSSR count). The molecule has 0 radical (unpaired) electrons. The number of hydrogen-bond donors (Lipinski definition) is 4. The normalized spacial score (nSPS) is 13.1. The SMILES string of the molecule is O=C(O)NCC=CCCNc1nc(-c2ccccc2)cn2c(-c3ccc(C(=O)NC4CC4)cc3)cnc12. The van der Waals surface area contributed by atoms with E-state index in [0.29, 0.717) is 36.0 Å². The molecule has 1 saturated carbocycles. The van der Waals surface area contributed by atoms with E-state index in [-0.39, 0.29) is 12.5 Å². The van der Waals surface area contributed by atoms with Crippen LogP contribution in [0.2, 0.25) is 0 Å². The summed E-state index contributed by atoms with van der Waals surface area (Å²) in [6, 6.07) is 17.8. The summed E-state index contributed by atoms with van der Waals surface area (Å²) in [4.78, 5) is 32.4. The summed E-state index contributed by atoms with van der Waals surface area (Å²) in [7, 11) is 0. The van der Waals surface area contributed by atoms with E-state index in [4.69, 9.17) is 10.1 Å². The standard InChI is InChI=1S/C28H28N6O3/c35-27(32-22-13-14-22)21-11-9-20(10-12-21)24-17-31-26-25(29-15-5-2-6-16-30-28(36)37)33-23(18-34(24)26)19-7-3-1-4-8-19/h1-4,6-12,17-18,22,30H,5,13-16H2,(H,29,33)(H,32,35)(H,36,37). The highest BCUT2D eigenvalue weighted by Crippen LogP contribution is 2.28. The second-order valence-corrected chi connectivity index (χ2v) is 8.88. The Labute approximate surface area is 214 Å². The summed E-state index contributed by atoms with van der Waals surface area (Å²) < 4.78 is 2.02. The number of carbonyl (C=O) groups excluding carboxylic acids is 1. The summed E-state index contributed by atoms with van der Waals surface area (Å²) in [5.74, 6) is 0.618. The third-order valence-electron chi connectivity index (χ3n) is 6.06. The van der Waals surface area contributed by atoms with Gasteiger partial charge in [0.15, 0.2) is 11.5 Å². The molecule has 9 heteroatoms. The minimum atomic E-state index is -1.04. The van der Waals surface area contributed by atoms with Crippen molar-refractivity contribution in [3.63, 3.8) is 0 Å². The van der Waals surface area contributed by atoms with Crippen LogP contribution in [0.3, 0.4) is 0 Å². The number of benzene rings is 2. The van der Waals surface area contributed by atoms with E-state index >= 15 is 0 Å². The molecule has 2 amide bonds. The average molecular weight is 497 g/mol. The molecule has 0 aliphatic heterocycles. The van der Waals surface area contributed by atoms with E-state index < -0.39 is 6.09 Å². The molecule has 1 fully saturated rings. The van der Waals surface area contributed by atoms with Crippen molar-refractivity contribution < 1.29 is 14.7 Å². The summed E-state index contributed by atoms with van der Waals surface area (Å²) in [6.45, 7) is 0.878. The topological polar surface area (TPSA) is 121 Å². The van der Waals surface area contributed by atoms with Crippen LogP contribution < -0.4 is 16.0 Å². The number of amides is 2. The minimum absolute atomic E-state index is 0.0398. The number of carbonyl (C=O) groups is 2. The van der Waals surface area contributed by atoms with E-state index in [0.717, 1.165) is 35.4 Å². The molecule has 0 saturated heterocycles. The van der Waals surface area contributed by atoms with E-state index in [1.54, 1.807) is 6.08 Å². The largest absolute Gasteiger partial charge is 0.465 e. The summed E-state index contributed by atoms with van der Waals surface area (Å²) in [5, 5.41) is 17.3. The number of aromatic nitrogens is 3. The molecule has 4 aromatic rings. The van der Waals surface area contributed by atoms with Crippen LogP contribution >= 0.6 is 0 Å².